The van der Waals surface area contributed by atoms with E-state index in [0.717, 1.165) is 16.5 Å². The highest BCUT2D eigenvalue weighted by atomic mass is 16.4. The minimum atomic E-state index is -0.848. The van der Waals surface area contributed by atoms with Crippen LogP contribution in [0.4, 0.5) is 11.4 Å². The van der Waals surface area contributed by atoms with Crippen molar-refractivity contribution in [1.82, 2.24) is 0 Å². The van der Waals surface area contributed by atoms with Gasteiger partial charge in [0, 0.05) is 35.5 Å². The number of rotatable bonds is 9. The zero-order valence-electron chi connectivity index (χ0n) is 31.1. The van der Waals surface area contributed by atoms with Crippen LogP contribution in [-0.2, 0) is 11.3 Å². The van der Waals surface area contributed by atoms with Gasteiger partial charge in [-0.2, -0.15) is 4.57 Å². The van der Waals surface area contributed by atoms with Gasteiger partial charge in [0.1, 0.15) is 0 Å². The number of carboxylic acid groups (broad SMARTS) is 1. The zero-order valence-corrected chi connectivity index (χ0v) is 31.1. The molecule has 268 valence electrons. The summed E-state index contributed by atoms with van der Waals surface area (Å²) in [6, 6.07) is 47.7. The number of carboxylic acids is 1. The summed E-state index contributed by atoms with van der Waals surface area (Å²) >= 11 is 0. The molecule has 1 aliphatic carbocycles. The topological polar surface area (TPSA) is 44.4 Å². The van der Waals surface area contributed by atoms with Gasteiger partial charge in [-0.05, 0) is 102 Å². The van der Waals surface area contributed by atoms with E-state index in [2.05, 4.69) is 132 Å². The van der Waals surface area contributed by atoms with Crippen LogP contribution in [0.5, 0.6) is 0 Å². The number of aromatic nitrogens is 1. The Bertz CT molecular complexity index is 2290. The van der Waals surface area contributed by atoms with E-state index < -0.39 is 5.97 Å². The molecule has 0 radical (unpaired) electrons. The first kappa shape index (κ1) is 36.1. The lowest BCUT2D eigenvalue weighted by Gasteiger charge is -2.27. The van der Waals surface area contributed by atoms with Crippen LogP contribution < -0.4 is 9.47 Å². The molecule has 54 heavy (non-hydrogen) atoms. The van der Waals surface area contributed by atoms with Gasteiger partial charge in [0.25, 0.3) is 0 Å². The van der Waals surface area contributed by atoms with Crippen LogP contribution in [0.15, 0.2) is 164 Å². The number of benzene rings is 5. The first-order valence-corrected chi connectivity index (χ1v) is 18.9. The fraction of sp³-hybridized carbons (Fsp3) is 0.160. The van der Waals surface area contributed by atoms with Crippen LogP contribution >= 0.6 is 0 Å². The Balaban J connectivity index is 0.000000695. The molecule has 1 fully saturated rings. The Morgan fingerprint density at radius 2 is 1.39 bits per heavy atom. The second-order valence-electron chi connectivity index (χ2n) is 13.9. The van der Waals surface area contributed by atoms with Gasteiger partial charge >= 0.3 is 5.97 Å². The van der Waals surface area contributed by atoms with Gasteiger partial charge < -0.3 is 10.0 Å². The first-order chi connectivity index (χ1) is 26.5. The van der Waals surface area contributed by atoms with Gasteiger partial charge in [0.05, 0.1) is 5.39 Å². The van der Waals surface area contributed by atoms with Gasteiger partial charge in [-0.3, -0.25) is 0 Å². The van der Waals surface area contributed by atoms with E-state index in [-0.39, 0.29) is 6.54 Å². The number of hydrogen-bond donors (Lipinski definition) is 1. The van der Waals surface area contributed by atoms with E-state index in [1.807, 2.05) is 68.6 Å². The molecule has 1 N–H and O–H groups in total. The summed E-state index contributed by atoms with van der Waals surface area (Å²) in [4.78, 5) is 14.0. The lowest BCUT2D eigenvalue weighted by atomic mass is 9.95. The molecule has 4 heteroatoms. The molecule has 1 saturated carbocycles. The second-order valence-corrected chi connectivity index (χ2v) is 13.9. The monoisotopic (exact) mass is 707 g/mol. The van der Waals surface area contributed by atoms with Crippen molar-refractivity contribution in [2.45, 2.75) is 51.6 Å². The van der Waals surface area contributed by atoms with Crippen molar-refractivity contribution in [3.05, 3.63) is 197 Å². The minimum absolute atomic E-state index is 0.0593. The molecule has 0 bridgehead atoms. The summed E-state index contributed by atoms with van der Waals surface area (Å²) in [5.74, 6) is -0.317. The van der Waals surface area contributed by atoms with Crippen molar-refractivity contribution in [1.29, 1.82) is 0 Å². The maximum atomic E-state index is 11.4. The summed E-state index contributed by atoms with van der Waals surface area (Å²) in [5.41, 5.74) is 12.0. The van der Waals surface area contributed by atoms with Gasteiger partial charge in [-0.1, -0.05) is 134 Å². The Kier molecular flexibility index (Phi) is 11.4. The van der Waals surface area contributed by atoms with E-state index in [9.17, 15) is 9.90 Å². The van der Waals surface area contributed by atoms with E-state index in [1.54, 1.807) is 4.57 Å². The molecule has 2 aliphatic rings. The SMILES string of the molecule is C/C=C\C=C/C.O=C(O)C[n+]1ccc(/C=C/c2ccc3c(c2)C2CCCC2N3c2ccc(C=C(c3ccccc3)c3ccccc3)cc2)c2ccccc21. The van der Waals surface area contributed by atoms with Crippen molar-refractivity contribution >= 4 is 52.0 Å². The fourth-order valence-electron chi connectivity index (χ4n) is 7.93. The summed E-state index contributed by atoms with van der Waals surface area (Å²) in [5, 5.41) is 10.4. The number of para-hydroxylation sites is 1. The quantitative estimate of drug-likeness (QED) is 0.0924. The summed E-state index contributed by atoms with van der Waals surface area (Å²) in [7, 11) is 0. The third-order valence-corrected chi connectivity index (χ3v) is 10.4. The molecule has 1 aromatic heterocycles. The average Bonchev–Trinajstić information content (AvgIpc) is 3.81. The largest absolute Gasteiger partial charge is 0.477 e. The maximum Gasteiger partial charge on any atom is 0.370 e. The lowest BCUT2D eigenvalue weighted by Crippen LogP contribution is -2.38. The van der Waals surface area contributed by atoms with Crippen molar-refractivity contribution in [3.63, 3.8) is 0 Å². The number of allylic oxidation sites excluding steroid dienone is 4. The van der Waals surface area contributed by atoms with Crippen LogP contribution in [0.1, 0.15) is 72.4 Å². The Morgan fingerprint density at radius 3 is 2.06 bits per heavy atom. The number of pyridine rings is 1. The van der Waals surface area contributed by atoms with Gasteiger partial charge in [0.15, 0.2) is 6.20 Å². The van der Waals surface area contributed by atoms with Gasteiger partial charge in [-0.15, -0.1) is 0 Å². The normalized spacial score (nSPS) is 16.1. The predicted octanol–water partition coefficient (Wildman–Crippen LogP) is 11.9. The molecular weight excluding hydrogens is 661 g/mol. The number of fused-ring (bicyclic) bond motifs is 4. The molecule has 5 aromatic carbocycles. The molecular formula is C50H47N2O2+. The third kappa shape index (κ3) is 8.04. The Labute approximate surface area is 319 Å². The molecule has 2 unspecified atom stereocenters. The van der Waals surface area contributed by atoms with Crippen molar-refractivity contribution in [3.8, 4) is 0 Å². The highest BCUT2D eigenvalue weighted by Gasteiger charge is 2.42. The number of carbonyl (C=O) groups is 1. The maximum absolute atomic E-state index is 11.4. The molecule has 6 aromatic rings. The van der Waals surface area contributed by atoms with E-state index in [1.165, 1.54) is 64.0 Å². The van der Waals surface area contributed by atoms with Crippen LogP contribution in [-0.4, -0.2) is 17.1 Å². The molecule has 0 amide bonds. The smallest absolute Gasteiger partial charge is 0.370 e. The zero-order chi connectivity index (χ0) is 37.3. The summed E-state index contributed by atoms with van der Waals surface area (Å²) in [6.07, 6.45) is 20.2. The van der Waals surface area contributed by atoms with E-state index in [0.29, 0.717) is 12.0 Å². The molecule has 8 rings (SSSR count). The molecule has 1 aliphatic heterocycles. The highest BCUT2D eigenvalue weighted by molar-refractivity contribution is 5.92. The summed E-state index contributed by atoms with van der Waals surface area (Å²) < 4.78 is 1.79. The molecule has 4 nitrogen and oxygen atoms in total. The van der Waals surface area contributed by atoms with Crippen molar-refractivity contribution in [2.75, 3.05) is 4.90 Å². The van der Waals surface area contributed by atoms with Crippen molar-refractivity contribution < 1.29 is 14.5 Å². The number of anilines is 2. The predicted molar refractivity (Wildman–Crippen MR) is 226 cm³/mol. The Hall–Kier alpha value is -6.26. The standard InChI is InChI=1S/C44H36N2O2.C6H10/c47-44(48)30-45-27-26-35(37-14-7-8-16-41(37)45)22-18-31-21-25-43-40(29-31)38-15-9-17-42(38)46(43)36-23-19-32(20-24-36)28-39(33-10-3-1-4-11-33)34-12-5-2-6-13-34;1-3-5-6-4-2/h1-8,10-14,16,18-29,38,42H,9,15,17,30H2;3-6H,1-2H3/p+1/b;5-3-,6-4-. The first-order valence-electron chi connectivity index (χ1n) is 18.9. The van der Waals surface area contributed by atoms with Crippen LogP contribution in [0.25, 0.3) is 34.7 Å². The molecule has 0 spiro atoms. The van der Waals surface area contributed by atoms with Crippen LogP contribution in [0.3, 0.4) is 0 Å². The molecule has 2 heterocycles. The summed E-state index contributed by atoms with van der Waals surface area (Å²) in [6.45, 7) is 3.94. The van der Waals surface area contributed by atoms with E-state index >= 15 is 0 Å². The number of nitrogens with zero attached hydrogens (tertiary/aromatic N) is 2. The van der Waals surface area contributed by atoms with Crippen LogP contribution in [0, 0.1) is 0 Å². The number of aliphatic carboxylic acids is 1. The van der Waals surface area contributed by atoms with Crippen LogP contribution in [0.2, 0.25) is 0 Å². The van der Waals surface area contributed by atoms with Gasteiger partial charge in [0.2, 0.25) is 12.1 Å². The third-order valence-electron chi connectivity index (χ3n) is 10.4. The highest BCUT2D eigenvalue weighted by Crippen LogP contribution is 2.52. The Morgan fingerprint density at radius 1 is 0.741 bits per heavy atom. The average molecular weight is 708 g/mol. The number of hydrogen-bond acceptors (Lipinski definition) is 2. The lowest BCUT2D eigenvalue weighted by molar-refractivity contribution is -0.660. The minimum Gasteiger partial charge on any atom is -0.477 e. The van der Waals surface area contributed by atoms with Crippen molar-refractivity contribution in [2.24, 2.45) is 0 Å². The fourth-order valence-corrected chi connectivity index (χ4v) is 7.93. The second kappa shape index (κ2) is 17.0. The molecule has 0 saturated heterocycles. The molecule has 2 atom stereocenters. The van der Waals surface area contributed by atoms with Gasteiger partial charge in [-0.25, -0.2) is 4.79 Å². The van der Waals surface area contributed by atoms with E-state index in [4.69, 9.17) is 0 Å².